The second-order valence-corrected chi connectivity index (χ2v) is 5.47. The van der Waals surface area contributed by atoms with Crippen LogP contribution in [0.5, 0.6) is 5.88 Å². The van der Waals surface area contributed by atoms with Crippen molar-refractivity contribution in [3.05, 3.63) is 22.4 Å². The smallest absolute Gasteiger partial charge is 0.239 e. The van der Waals surface area contributed by atoms with Gasteiger partial charge in [-0.15, -0.1) is 0 Å². The predicted octanol–water partition coefficient (Wildman–Crippen LogP) is 3.47. The Balaban J connectivity index is 2.90. The monoisotopic (exact) mass is 412 g/mol. The van der Waals surface area contributed by atoms with Gasteiger partial charge in [0.2, 0.25) is 5.88 Å². The van der Waals surface area contributed by atoms with Crippen LogP contribution < -0.4 is 4.74 Å². The number of aldehydes is 1. The van der Waals surface area contributed by atoms with Crippen molar-refractivity contribution >= 4 is 63.4 Å². The second kappa shape index (κ2) is 4.92. The highest BCUT2D eigenvalue weighted by Crippen LogP contribution is 2.36. The van der Waals surface area contributed by atoms with Crippen LogP contribution in [0.1, 0.15) is 10.5 Å². The van der Waals surface area contributed by atoms with Crippen LogP contribution in [0, 0.1) is 0 Å². The molecular weight excluding hydrogens is 407 g/mol. The van der Waals surface area contributed by atoms with E-state index in [-0.39, 0.29) is 0 Å². The number of halogens is 2. The third kappa shape index (κ3) is 1.84. The van der Waals surface area contributed by atoms with Crippen LogP contribution in [0.4, 0.5) is 0 Å². The van der Waals surface area contributed by atoms with Gasteiger partial charge < -0.3 is 4.74 Å². The fraction of sp³-hybridized carbons (Fsp3) is 0.111. The van der Waals surface area contributed by atoms with Gasteiger partial charge in [-0.25, -0.2) is 4.98 Å². The summed E-state index contributed by atoms with van der Waals surface area (Å²) in [6.07, 6.45) is 2.48. The fourth-order valence-electron chi connectivity index (χ4n) is 1.45. The first-order valence-corrected chi connectivity index (χ1v) is 8.32. The van der Waals surface area contributed by atoms with Gasteiger partial charge in [-0.3, -0.25) is 8.77 Å². The lowest BCUT2D eigenvalue weighted by atomic mass is 10.3. The fourth-order valence-corrected chi connectivity index (χ4v) is 3.55. The Morgan fingerprint density at radius 2 is 2.44 bits per heavy atom. The van der Waals surface area contributed by atoms with Gasteiger partial charge in [0, 0.05) is 46.4 Å². The van der Waals surface area contributed by atoms with Crippen molar-refractivity contribution in [3.8, 4) is 5.88 Å². The summed E-state index contributed by atoms with van der Waals surface area (Å²) in [6, 6.07) is 1.81. The molecule has 16 heavy (non-hydrogen) atoms. The van der Waals surface area contributed by atoms with Crippen molar-refractivity contribution in [2.45, 2.75) is 0 Å². The van der Waals surface area contributed by atoms with Crippen LogP contribution in [0.2, 0.25) is 0 Å². The van der Waals surface area contributed by atoms with E-state index in [0.717, 1.165) is 21.7 Å². The molecule has 0 unspecified atom stereocenters. The molecule has 0 saturated heterocycles. The lowest BCUT2D eigenvalue weighted by Crippen LogP contribution is -1.94. The maximum Gasteiger partial charge on any atom is 0.239 e. The molecule has 4 nitrogen and oxygen atoms in total. The molecule has 0 saturated carbocycles. The summed E-state index contributed by atoms with van der Waals surface area (Å²) in [7, 11) is 2.97. The Bertz CT molecular complexity index is 558. The first-order valence-electron chi connectivity index (χ1n) is 4.21. The maximum absolute atomic E-state index is 11.0. The number of ether oxygens (including phenoxy) is 1. The summed E-state index contributed by atoms with van der Waals surface area (Å²) < 4.78 is 7.83. The topological polar surface area (TPSA) is 44.1 Å². The van der Waals surface area contributed by atoms with Gasteiger partial charge in [-0.2, -0.15) is 0 Å². The number of aromatic nitrogens is 2. The molecule has 0 radical (unpaired) electrons. The highest BCUT2D eigenvalue weighted by atomic mass is 127. The summed E-state index contributed by atoms with van der Waals surface area (Å²) in [5.41, 5.74) is 1.39. The summed E-state index contributed by atoms with van der Waals surface area (Å²) in [4.78, 5) is 15.1. The number of carbonyl (C=O) groups excluding carboxylic acids is 1. The Morgan fingerprint density at radius 1 is 1.69 bits per heavy atom. The molecule has 0 aliphatic rings. The zero-order valence-corrected chi connectivity index (χ0v) is 12.7. The maximum atomic E-state index is 11.0. The SMILES string of the molecule is COc1ncc(Br)c2cc(C=O)n(SI)c12. The van der Waals surface area contributed by atoms with Gasteiger partial charge in [-0.1, -0.05) is 0 Å². The first-order chi connectivity index (χ1) is 7.72. The molecule has 0 aromatic carbocycles. The average Bonchev–Trinajstić information content (AvgIpc) is 2.69. The molecule has 0 fully saturated rings. The minimum Gasteiger partial charge on any atom is -0.479 e. The summed E-state index contributed by atoms with van der Waals surface area (Å²) in [6.45, 7) is 0. The normalized spacial score (nSPS) is 10.7. The standard InChI is InChI=1S/C9H6BrIN2O2S/c1-15-9-8-6(7(10)3-12-9)2-5(4-14)13(8)16-11/h2-4H,1H3. The van der Waals surface area contributed by atoms with Gasteiger partial charge in [0.15, 0.2) is 6.29 Å². The van der Waals surface area contributed by atoms with E-state index in [2.05, 4.69) is 42.1 Å². The van der Waals surface area contributed by atoms with Crippen molar-refractivity contribution in [1.82, 2.24) is 8.96 Å². The van der Waals surface area contributed by atoms with Crippen molar-refractivity contribution in [2.24, 2.45) is 0 Å². The van der Waals surface area contributed by atoms with Gasteiger partial charge in [0.05, 0.1) is 12.8 Å². The molecule has 2 heterocycles. The number of rotatable bonds is 3. The summed E-state index contributed by atoms with van der Waals surface area (Å²) in [5, 5.41) is 0.915. The van der Waals surface area contributed by atoms with Gasteiger partial charge in [-0.05, 0) is 22.0 Å². The molecule has 2 aromatic heterocycles. The van der Waals surface area contributed by atoms with Crippen LogP contribution in [0.25, 0.3) is 10.9 Å². The molecule has 0 N–H and O–H groups in total. The molecular formula is C9H6BrIN2O2S. The number of pyridine rings is 1. The van der Waals surface area contributed by atoms with Crippen molar-refractivity contribution in [3.63, 3.8) is 0 Å². The zero-order chi connectivity index (χ0) is 11.7. The van der Waals surface area contributed by atoms with E-state index in [0.29, 0.717) is 11.6 Å². The van der Waals surface area contributed by atoms with E-state index in [4.69, 9.17) is 4.74 Å². The molecule has 84 valence electrons. The van der Waals surface area contributed by atoms with E-state index in [1.54, 1.807) is 17.3 Å². The van der Waals surface area contributed by atoms with Gasteiger partial charge in [0.1, 0.15) is 5.52 Å². The number of methoxy groups -OCH3 is 1. The number of hydrogen-bond donors (Lipinski definition) is 0. The molecule has 0 aliphatic heterocycles. The molecule has 7 heteroatoms. The molecule has 0 atom stereocenters. The Kier molecular flexibility index (Phi) is 3.75. The van der Waals surface area contributed by atoms with Crippen LogP contribution in [-0.2, 0) is 0 Å². The number of hydrogen-bond acceptors (Lipinski definition) is 4. The summed E-state index contributed by atoms with van der Waals surface area (Å²) in [5.74, 6) is 0.510. The quantitative estimate of drug-likeness (QED) is 0.572. The van der Waals surface area contributed by atoms with Gasteiger partial charge >= 0.3 is 0 Å². The molecule has 2 rings (SSSR count). The molecule has 2 aromatic rings. The van der Waals surface area contributed by atoms with Crippen LogP contribution in [-0.4, -0.2) is 22.4 Å². The Labute approximate surface area is 117 Å². The largest absolute Gasteiger partial charge is 0.479 e. The Morgan fingerprint density at radius 3 is 3.00 bits per heavy atom. The van der Waals surface area contributed by atoms with E-state index in [1.807, 2.05) is 6.07 Å². The van der Waals surface area contributed by atoms with Crippen LogP contribution in [0.15, 0.2) is 16.7 Å². The first kappa shape index (κ1) is 12.2. The van der Waals surface area contributed by atoms with Crippen LogP contribution >= 0.6 is 46.3 Å². The lowest BCUT2D eigenvalue weighted by Gasteiger charge is -2.05. The zero-order valence-electron chi connectivity index (χ0n) is 8.11. The van der Waals surface area contributed by atoms with Crippen molar-refractivity contribution in [2.75, 3.05) is 7.11 Å². The highest BCUT2D eigenvalue weighted by molar-refractivity contribution is 14.2. The van der Waals surface area contributed by atoms with E-state index < -0.39 is 0 Å². The van der Waals surface area contributed by atoms with E-state index in [9.17, 15) is 4.79 Å². The molecule has 0 spiro atoms. The predicted molar refractivity (Wildman–Crippen MR) is 76.4 cm³/mol. The minimum atomic E-state index is 0.510. The third-order valence-electron chi connectivity index (χ3n) is 2.12. The average molecular weight is 413 g/mol. The number of carbonyl (C=O) groups is 1. The van der Waals surface area contributed by atoms with E-state index >= 15 is 0 Å². The van der Waals surface area contributed by atoms with Crippen molar-refractivity contribution < 1.29 is 9.53 Å². The minimum absolute atomic E-state index is 0.510. The van der Waals surface area contributed by atoms with E-state index in [1.165, 1.54) is 9.12 Å². The Hall–Kier alpha value is -0.280. The molecule has 0 aliphatic carbocycles. The highest BCUT2D eigenvalue weighted by Gasteiger charge is 2.16. The second-order valence-electron chi connectivity index (χ2n) is 2.93. The van der Waals surface area contributed by atoms with Crippen LogP contribution in [0.3, 0.4) is 0 Å². The molecule has 0 amide bonds. The lowest BCUT2D eigenvalue weighted by molar-refractivity contribution is 0.111. The third-order valence-corrected chi connectivity index (χ3v) is 4.47. The number of fused-ring (bicyclic) bond motifs is 1. The summed E-state index contributed by atoms with van der Waals surface area (Å²) >= 11 is 5.52. The van der Waals surface area contributed by atoms with Crippen molar-refractivity contribution in [1.29, 1.82) is 0 Å². The number of nitrogens with zero attached hydrogens (tertiary/aromatic N) is 2. The van der Waals surface area contributed by atoms with Gasteiger partial charge in [0.25, 0.3) is 0 Å². The molecule has 0 bridgehead atoms.